The van der Waals surface area contributed by atoms with E-state index in [1.54, 1.807) is 36.4 Å². The van der Waals surface area contributed by atoms with Crippen LogP contribution < -0.4 is 19.1 Å². The lowest BCUT2D eigenvalue weighted by molar-refractivity contribution is -0.114. The largest absolute Gasteiger partial charge is 0.492 e. The van der Waals surface area contributed by atoms with Gasteiger partial charge in [0.05, 0.1) is 22.9 Å². The summed E-state index contributed by atoms with van der Waals surface area (Å²) in [4.78, 5) is 13.0. The lowest BCUT2D eigenvalue weighted by atomic mass is 10.1. The number of sulfonamides is 1. The lowest BCUT2D eigenvalue weighted by Gasteiger charge is -2.24. The van der Waals surface area contributed by atoms with E-state index in [1.807, 2.05) is 19.9 Å². The van der Waals surface area contributed by atoms with Crippen LogP contribution in [0.1, 0.15) is 19.4 Å². The molecule has 1 heterocycles. The molecule has 1 aliphatic rings. The third-order valence-electron chi connectivity index (χ3n) is 5.31. The van der Waals surface area contributed by atoms with Crippen molar-refractivity contribution in [2.45, 2.75) is 31.3 Å². The monoisotopic (exact) mass is 484 g/mol. The third-order valence-corrected chi connectivity index (χ3v) is 7.09. The zero-order valence-corrected chi connectivity index (χ0v) is 19.6. The van der Waals surface area contributed by atoms with Gasteiger partial charge in [-0.15, -0.1) is 0 Å². The van der Waals surface area contributed by atoms with E-state index in [9.17, 15) is 17.6 Å². The summed E-state index contributed by atoms with van der Waals surface area (Å²) in [5.74, 6) is 0.0195. The number of rotatable bonds is 8. The number of amides is 1. The second kappa shape index (κ2) is 9.72. The first-order valence-electron chi connectivity index (χ1n) is 10.9. The Morgan fingerprint density at radius 2 is 1.85 bits per heavy atom. The fourth-order valence-corrected chi connectivity index (χ4v) is 5.20. The van der Waals surface area contributed by atoms with Crippen LogP contribution in [0.5, 0.6) is 11.5 Å². The van der Waals surface area contributed by atoms with Gasteiger partial charge in [0.1, 0.15) is 30.0 Å². The van der Waals surface area contributed by atoms with Crippen LogP contribution >= 0.6 is 0 Å². The molecule has 1 aliphatic heterocycles. The zero-order chi connectivity index (χ0) is 24.3. The van der Waals surface area contributed by atoms with Crippen molar-refractivity contribution in [3.63, 3.8) is 0 Å². The molecule has 0 unspecified atom stereocenters. The summed E-state index contributed by atoms with van der Waals surface area (Å²) in [7, 11) is -4.15. The number of carbonyl (C=O) groups is 1. The van der Waals surface area contributed by atoms with Crippen LogP contribution in [0.3, 0.4) is 0 Å². The van der Waals surface area contributed by atoms with Gasteiger partial charge in [0, 0.05) is 18.1 Å². The van der Waals surface area contributed by atoms with Crippen molar-refractivity contribution in [2.75, 3.05) is 22.8 Å². The molecule has 0 aromatic heterocycles. The normalized spacial score (nSPS) is 14.7. The van der Waals surface area contributed by atoms with E-state index in [0.717, 1.165) is 28.4 Å². The topological polar surface area (TPSA) is 84.9 Å². The molecule has 178 valence electrons. The number of hydrogen-bond donors (Lipinski definition) is 1. The standard InChI is InChI=1S/C25H25FN2O5S/c1-3-32-24-14-18-13-17(2)33-23(18)15-22(24)27-25(29)16-28(20-7-5-4-6-8-20)34(30,31)21-11-9-19(26)10-12-21/h4-12,14-15,17H,3,13,16H2,1-2H3,(H,27,29)/t17-/m0/s1. The highest BCUT2D eigenvalue weighted by Crippen LogP contribution is 2.38. The number of carbonyl (C=O) groups excluding carboxylic acids is 1. The molecule has 3 aromatic rings. The Morgan fingerprint density at radius 3 is 2.53 bits per heavy atom. The van der Waals surface area contributed by atoms with Crippen molar-refractivity contribution in [3.05, 3.63) is 78.1 Å². The Bertz CT molecular complexity index is 1280. The summed E-state index contributed by atoms with van der Waals surface area (Å²) in [6.45, 7) is 3.69. The summed E-state index contributed by atoms with van der Waals surface area (Å²) in [5.41, 5.74) is 1.68. The number of fused-ring (bicyclic) bond motifs is 1. The minimum atomic E-state index is -4.15. The van der Waals surface area contributed by atoms with Crippen molar-refractivity contribution in [2.24, 2.45) is 0 Å². The van der Waals surface area contributed by atoms with Crippen LogP contribution in [0.15, 0.2) is 71.6 Å². The highest BCUT2D eigenvalue weighted by Gasteiger charge is 2.28. The first kappa shape index (κ1) is 23.6. The van der Waals surface area contributed by atoms with E-state index in [-0.39, 0.29) is 11.0 Å². The SMILES string of the molecule is CCOc1cc2c(cc1NC(=O)CN(c1ccccc1)S(=O)(=O)c1ccc(F)cc1)O[C@@H](C)C2. The van der Waals surface area contributed by atoms with E-state index >= 15 is 0 Å². The molecule has 1 atom stereocenters. The fraction of sp³-hybridized carbons (Fsp3) is 0.240. The van der Waals surface area contributed by atoms with Gasteiger partial charge >= 0.3 is 0 Å². The molecule has 1 amide bonds. The number of ether oxygens (including phenoxy) is 2. The fourth-order valence-electron chi connectivity index (χ4n) is 3.78. The Labute approximate surface area is 198 Å². The van der Waals surface area contributed by atoms with E-state index in [1.165, 1.54) is 12.1 Å². The molecule has 4 rings (SSSR count). The Morgan fingerprint density at radius 1 is 1.15 bits per heavy atom. The molecule has 0 aliphatic carbocycles. The molecule has 7 nitrogen and oxygen atoms in total. The molecule has 1 N–H and O–H groups in total. The molecule has 34 heavy (non-hydrogen) atoms. The van der Waals surface area contributed by atoms with E-state index in [2.05, 4.69) is 5.32 Å². The van der Waals surface area contributed by atoms with Crippen molar-refractivity contribution >= 4 is 27.3 Å². The number of nitrogens with one attached hydrogen (secondary N) is 1. The molecule has 0 saturated heterocycles. The highest BCUT2D eigenvalue weighted by atomic mass is 32.2. The van der Waals surface area contributed by atoms with Gasteiger partial charge in [-0.25, -0.2) is 12.8 Å². The zero-order valence-electron chi connectivity index (χ0n) is 18.8. The number of nitrogens with zero attached hydrogens (tertiary/aromatic N) is 1. The number of hydrogen-bond acceptors (Lipinski definition) is 5. The number of para-hydroxylation sites is 1. The molecular weight excluding hydrogens is 459 g/mol. The smallest absolute Gasteiger partial charge is 0.264 e. The first-order chi connectivity index (χ1) is 16.3. The summed E-state index contributed by atoms with van der Waals surface area (Å²) in [6.07, 6.45) is 0.756. The molecule has 3 aromatic carbocycles. The molecular formula is C25H25FN2O5S. The minimum absolute atomic E-state index is 0.0184. The second-order valence-corrected chi connectivity index (χ2v) is 9.73. The van der Waals surface area contributed by atoms with Crippen LogP contribution in [-0.4, -0.2) is 33.6 Å². The maximum atomic E-state index is 13.4. The maximum Gasteiger partial charge on any atom is 0.264 e. The van der Waals surface area contributed by atoms with Crippen LogP contribution in [0, 0.1) is 5.82 Å². The molecule has 0 saturated carbocycles. The van der Waals surface area contributed by atoms with Crippen molar-refractivity contribution < 1.29 is 27.1 Å². The highest BCUT2D eigenvalue weighted by molar-refractivity contribution is 7.92. The number of benzene rings is 3. The Kier molecular flexibility index (Phi) is 6.74. The molecule has 0 fully saturated rings. The molecule has 9 heteroatoms. The van der Waals surface area contributed by atoms with Crippen LogP contribution in [0.2, 0.25) is 0 Å². The average molecular weight is 485 g/mol. The van der Waals surface area contributed by atoms with Gasteiger partial charge in [0.2, 0.25) is 5.91 Å². The van der Waals surface area contributed by atoms with Gasteiger partial charge in [-0.3, -0.25) is 9.10 Å². The summed E-state index contributed by atoms with van der Waals surface area (Å²) >= 11 is 0. The van der Waals surface area contributed by atoms with Crippen LogP contribution in [0.25, 0.3) is 0 Å². The number of halogens is 1. The van der Waals surface area contributed by atoms with E-state index in [4.69, 9.17) is 9.47 Å². The van der Waals surface area contributed by atoms with Gasteiger partial charge in [0.25, 0.3) is 10.0 Å². The molecule has 0 radical (unpaired) electrons. The summed E-state index contributed by atoms with van der Waals surface area (Å²) in [6, 6.07) is 16.3. The van der Waals surface area contributed by atoms with Crippen molar-refractivity contribution in [1.29, 1.82) is 0 Å². The van der Waals surface area contributed by atoms with Crippen molar-refractivity contribution in [3.8, 4) is 11.5 Å². The van der Waals surface area contributed by atoms with Crippen molar-refractivity contribution in [1.82, 2.24) is 0 Å². The Hall–Kier alpha value is -3.59. The second-order valence-electron chi connectivity index (χ2n) is 7.87. The molecule has 0 bridgehead atoms. The van der Waals surface area contributed by atoms with Crippen LogP contribution in [0.4, 0.5) is 15.8 Å². The van der Waals surface area contributed by atoms with Gasteiger partial charge in [-0.1, -0.05) is 18.2 Å². The lowest BCUT2D eigenvalue weighted by Crippen LogP contribution is -2.38. The average Bonchev–Trinajstić information content (AvgIpc) is 3.17. The Balaban J connectivity index is 1.64. The predicted octanol–water partition coefficient (Wildman–Crippen LogP) is 4.38. The quantitative estimate of drug-likeness (QED) is 0.513. The number of anilines is 2. The maximum absolute atomic E-state index is 13.4. The van der Waals surface area contributed by atoms with Gasteiger partial charge in [0.15, 0.2) is 0 Å². The predicted molar refractivity (Wildman–Crippen MR) is 127 cm³/mol. The summed E-state index contributed by atoms with van der Waals surface area (Å²) in [5, 5.41) is 2.76. The van der Waals surface area contributed by atoms with Gasteiger partial charge in [-0.05, 0) is 56.3 Å². The van der Waals surface area contributed by atoms with E-state index < -0.39 is 28.3 Å². The van der Waals surface area contributed by atoms with Gasteiger partial charge in [-0.2, -0.15) is 0 Å². The molecule has 0 spiro atoms. The van der Waals surface area contributed by atoms with Gasteiger partial charge < -0.3 is 14.8 Å². The first-order valence-corrected chi connectivity index (χ1v) is 12.3. The summed E-state index contributed by atoms with van der Waals surface area (Å²) < 4.78 is 52.6. The van der Waals surface area contributed by atoms with Crippen LogP contribution in [-0.2, 0) is 21.2 Å². The minimum Gasteiger partial charge on any atom is -0.492 e. The van der Waals surface area contributed by atoms with E-state index in [0.29, 0.717) is 29.5 Å². The third kappa shape index (κ3) is 4.99.